The molecule has 2 aromatic heterocycles. The molecule has 0 spiro atoms. The number of halogens is 3. The lowest BCUT2D eigenvalue weighted by Gasteiger charge is -2.14. The quantitative estimate of drug-likeness (QED) is 0.269. The van der Waals surface area contributed by atoms with Crippen LogP contribution in [0.2, 0.25) is 0 Å². The first-order chi connectivity index (χ1) is 16.2. The van der Waals surface area contributed by atoms with Crippen molar-refractivity contribution in [1.29, 1.82) is 0 Å². The molecule has 1 unspecified atom stereocenters. The van der Waals surface area contributed by atoms with Crippen LogP contribution in [0.25, 0.3) is 21.5 Å². The Morgan fingerprint density at radius 1 is 1.15 bits per heavy atom. The van der Waals surface area contributed by atoms with E-state index in [9.17, 15) is 18.0 Å². The summed E-state index contributed by atoms with van der Waals surface area (Å²) in [5.41, 5.74) is 1.61. The van der Waals surface area contributed by atoms with Gasteiger partial charge in [-0.1, -0.05) is 12.1 Å². The monoisotopic (exact) mass is 488 g/mol. The van der Waals surface area contributed by atoms with Crippen LogP contribution in [0, 0.1) is 6.92 Å². The van der Waals surface area contributed by atoms with Gasteiger partial charge in [0.15, 0.2) is 0 Å². The summed E-state index contributed by atoms with van der Waals surface area (Å²) < 4.78 is 51.5. The van der Waals surface area contributed by atoms with Crippen LogP contribution in [0.3, 0.4) is 0 Å². The number of ether oxygens (including phenoxy) is 2. The van der Waals surface area contributed by atoms with Crippen LogP contribution in [-0.4, -0.2) is 22.1 Å². The Bertz CT molecular complexity index is 1310. The van der Waals surface area contributed by atoms with Crippen molar-refractivity contribution in [2.24, 2.45) is 0 Å². The maximum atomic E-state index is 12.8. The molecular weight excluding hydrogens is 465 g/mol. The fraction of sp³-hybridized carbons (Fsp3) is 0.280. The first kappa shape index (κ1) is 23.8. The molecule has 0 bridgehead atoms. The Hall–Kier alpha value is -3.33. The van der Waals surface area contributed by atoms with Crippen LogP contribution in [0.1, 0.15) is 36.1 Å². The number of nitrogens with zero attached hydrogens (tertiary/aromatic N) is 2. The largest absolute Gasteiger partial charge is 0.485 e. The van der Waals surface area contributed by atoms with Gasteiger partial charge < -0.3 is 14.0 Å². The van der Waals surface area contributed by atoms with Gasteiger partial charge in [-0.2, -0.15) is 13.2 Å². The van der Waals surface area contributed by atoms with E-state index in [1.807, 2.05) is 48.9 Å². The lowest BCUT2D eigenvalue weighted by Crippen LogP contribution is -2.12. The molecule has 34 heavy (non-hydrogen) atoms. The van der Waals surface area contributed by atoms with E-state index in [0.717, 1.165) is 33.6 Å². The van der Waals surface area contributed by atoms with Crippen LogP contribution in [0.15, 0.2) is 54.7 Å². The van der Waals surface area contributed by atoms with Gasteiger partial charge in [-0.25, -0.2) is 4.98 Å². The highest BCUT2D eigenvalue weighted by atomic mass is 32.1. The minimum absolute atomic E-state index is 0.140. The van der Waals surface area contributed by atoms with Crippen LogP contribution >= 0.6 is 11.3 Å². The van der Waals surface area contributed by atoms with Crippen LogP contribution in [0.5, 0.6) is 5.75 Å². The minimum atomic E-state index is -4.37. The summed E-state index contributed by atoms with van der Waals surface area (Å²) in [6.45, 7) is 6.02. The minimum Gasteiger partial charge on any atom is -0.485 e. The highest BCUT2D eigenvalue weighted by Gasteiger charge is 2.30. The number of carbonyl (C=O) groups excluding carboxylic acids is 1. The summed E-state index contributed by atoms with van der Waals surface area (Å²) in [7, 11) is 0. The Kier molecular flexibility index (Phi) is 6.65. The predicted octanol–water partition coefficient (Wildman–Crippen LogP) is 6.80. The number of esters is 1. The highest BCUT2D eigenvalue weighted by molar-refractivity contribution is 7.15. The maximum absolute atomic E-state index is 12.8. The van der Waals surface area contributed by atoms with Gasteiger partial charge in [-0.05, 0) is 57.2 Å². The number of hydrogen-bond acceptors (Lipinski definition) is 5. The molecule has 0 saturated heterocycles. The van der Waals surface area contributed by atoms with Gasteiger partial charge in [-0.15, -0.1) is 11.3 Å². The molecule has 4 rings (SSSR count). The predicted molar refractivity (Wildman–Crippen MR) is 125 cm³/mol. The van der Waals surface area contributed by atoms with Gasteiger partial charge in [0.25, 0.3) is 0 Å². The molecule has 5 nitrogen and oxygen atoms in total. The first-order valence-corrected chi connectivity index (χ1v) is 11.5. The van der Waals surface area contributed by atoms with Crippen molar-refractivity contribution < 1.29 is 27.4 Å². The first-order valence-electron chi connectivity index (χ1n) is 10.7. The number of hydrogen-bond donors (Lipinski definition) is 0. The molecule has 0 fully saturated rings. The van der Waals surface area contributed by atoms with Crippen molar-refractivity contribution in [2.75, 3.05) is 6.61 Å². The molecular formula is C25H23F3N2O3S. The van der Waals surface area contributed by atoms with Crippen molar-refractivity contribution >= 4 is 28.2 Å². The van der Waals surface area contributed by atoms with Crippen molar-refractivity contribution in [1.82, 2.24) is 9.55 Å². The second kappa shape index (κ2) is 9.50. The number of alkyl halides is 3. The second-order valence-electron chi connectivity index (χ2n) is 7.77. The van der Waals surface area contributed by atoms with E-state index < -0.39 is 11.7 Å². The van der Waals surface area contributed by atoms with E-state index in [-0.39, 0.29) is 18.6 Å². The lowest BCUT2D eigenvalue weighted by atomic mass is 10.1. The molecule has 1 atom stereocenters. The van der Waals surface area contributed by atoms with Crippen LogP contribution < -0.4 is 4.74 Å². The van der Waals surface area contributed by atoms with Gasteiger partial charge >= 0.3 is 12.1 Å². The summed E-state index contributed by atoms with van der Waals surface area (Å²) in [5, 5.41) is 1.57. The number of carbonyl (C=O) groups is 1. The number of rotatable bonds is 7. The van der Waals surface area contributed by atoms with Gasteiger partial charge in [0.05, 0.1) is 22.7 Å². The molecule has 0 saturated carbocycles. The molecule has 2 heterocycles. The van der Waals surface area contributed by atoms with Crippen LogP contribution in [0.4, 0.5) is 13.2 Å². The molecule has 9 heteroatoms. The fourth-order valence-electron chi connectivity index (χ4n) is 3.70. The van der Waals surface area contributed by atoms with E-state index in [1.165, 1.54) is 23.5 Å². The third-order valence-corrected chi connectivity index (χ3v) is 6.69. The number of aromatic nitrogens is 2. The van der Waals surface area contributed by atoms with Gasteiger partial charge in [0.2, 0.25) is 0 Å². The molecule has 0 aliphatic heterocycles. The van der Waals surface area contributed by atoms with Crippen molar-refractivity contribution in [3.8, 4) is 16.3 Å². The van der Waals surface area contributed by atoms with Crippen molar-refractivity contribution in [2.45, 2.75) is 39.6 Å². The summed E-state index contributed by atoms with van der Waals surface area (Å²) >= 11 is 1.40. The van der Waals surface area contributed by atoms with E-state index in [0.29, 0.717) is 22.9 Å². The maximum Gasteiger partial charge on any atom is 0.416 e. The molecule has 4 aromatic rings. The highest BCUT2D eigenvalue weighted by Crippen LogP contribution is 2.36. The molecule has 0 N–H and O–H groups in total. The normalized spacial score (nSPS) is 12.6. The Labute approximate surface area is 198 Å². The molecule has 2 aromatic carbocycles. The van der Waals surface area contributed by atoms with Crippen LogP contribution in [-0.2, 0) is 22.3 Å². The standard InChI is InChI=1S/C25H23F3N2O3S/c1-4-32-22(31)14-30-12-11-18-13-20(9-10-21(18)30)33-16(3)23-15(2)29-24(34-23)17-5-7-19(8-6-17)25(26,27)28/h5-13,16H,4,14H2,1-3H3. The zero-order chi connectivity index (χ0) is 24.5. The third-order valence-electron chi connectivity index (χ3n) is 5.32. The molecule has 0 aliphatic rings. The fourth-order valence-corrected chi connectivity index (χ4v) is 4.76. The number of thiazole rings is 1. The van der Waals surface area contributed by atoms with Gasteiger partial charge in [-0.3, -0.25) is 4.79 Å². The Balaban J connectivity index is 1.50. The number of aryl methyl sites for hydroxylation is 1. The SMILES string of the molecule is CCOC(=O)Cn1ccc2cc(OC(C)c3sc(-c4ccc(C(F)(F)F)cc4)nc3C)ccc21. The van der Waals surface area contributed by atoms with E-state index in [2.05, 4.69) is 4.98 Å². The molecule has 0 radical (unpaired) electrons. The number of benzene rings is 2. The summed E-state index contributed by atoms with van der Waals surface area (Å²) in [4.78, 5) is 17.2. The Morgan fingerprint density at radius 3 is 2.56 bits per heavy atom. The summed E-state index contributed by atoms with van der Waals surface area (Å²) in [5.74, 6) is 0.372. The summed E-state index contributed by atoms with van der Waals surface area (Å²) in [6.07, 6.45) is -2.84. The summed E-state index contributed by atoms with van der Waals surface area (Å²) in [6, 6.07) is 12.5. The second-order valence-corrected chi connectivity index (χ2v) is 8.80. The smallest absolute Gasteiger partial charge is 0.416 e. The van der Waals surface area contributed by atoms with E-state index in [1.54, 1.807) is 6.92 Å². The van der Waals surface area contributed by atoms with E-state index in [4.69, 9.17) is 9.47 Å². The van der Waals surface area contributed by atoms with E-state index >= 15 is 0 Å². The zero-order valence-electron chi connectivity index (χ0n) is 18.8. The molecule has 0 aliphatic carbocycles. The topological polar surface area (TPSA) is 53.4 Å². The van der Waals surface area contributed by atoms with Crippen molar-refractivity contribution in [3.05, 3.63) is 70.9 Å². The van der Waals surface area contributed by atoms with Crippen molar-refractivity contribution in [3.63, 3.8) is 0 Å². The van der Waals surface area contributed by atoms with Gasteiger partial charge in [0.1, 0.15) is 23.4 Å². The number of fused-ring (bicyclic) bond motifs is 1. The Morgan fingerprint density at radius 2 is 1.88 bits per heavy atom. The molecule has 178 valence electrons. The van der Waals surface area contributed by atoms with Gasteiger partial charge in [0, 0.05) is 22.7 Å². The average Bonchev–Trinajstić information content (AvgIpc) is 3.36. The third kappa shape index (κ3) is 5.09. The zero-order valence-corrected chi connectivity index (χ0v) is 19.7. The molecule has 0 amide bonds. The lowest BCUT2D eigenvalue weighted by molar-refractivity contribution is -0.143. The average molecular weight is 489 g/mol.